The number of aromatic nitrogens is 1. The van der Waals surface area contributed by atoms with Crippen molar-refractivity contribution in [1.29, 1.82) is 0 Å². The zero-order valence-electron chi connectivity index (χ0n) is 9.44. The number of piperidine rings is 1. The van der Waals surface area contributed by atoms with Crippen molar-refractivity contribution in [3.05, 3.63) is 30.1 Å². The third-order valence-electron chi connectivity index (χ3n) is 2.87. The van der Waals surface area contributed by atoms with Crippen LogP contribution in [-0.4, -0.2) is 23.5 Å². The Morgan fingerprint density at radius 3 is 3.12 bits per heavy atom. The Hall–Kier alpha value is -1.42. The van der Waals surface area contributed by atoms with E-state index in [1.54, 1.807) is 6.20 Å². The van der Waals surface area contributed by atoms with Gasteiger partial charge in [0.05, 0.1) is 11.7 Å². The summed E-state index contributed by atoms with van der Waals surface area (Å²) < 4.78 is 0. The molecule has 2 rings (SSSR count). The smallest absolute Gasteiger partial charge is 0.237 e. The molecule has 86 valence electrons. The molecule has 2 N–H and O–H groups in total. The average Bonchev–Trinajstić information content (AvgIpc) is 2.33. The van der Waals surface area contributed by atoms with Gasteiger partial charge in [0.15, 0.2) is 0 Å². The average molecular weight is 219 g/mol. The molecular formula is C12H17N3O. The van der Waals surface area contributed by atoms with Gasteiger partial charge in [-0.3, -0.25) is 15.1 Å². The fraction of sp³-hybridized carbons (Fsp3) is 0.500. The largest absolute Gasteiger partial charge is 0.355 e. The summed E-state index contributed by atoms with van der Waals surface area (Å²) in [6, 6.07) is 5.85. The second-order valence-corrected chi connectivity index (χ2v) is 4.13. The number of rotatable bonds is 3. The predicted molar refractivity (Wildman–Crippen MR) is 61.8 cm³/mol. The van der Waals surface area contributed by atoms with Crippen molar-refractivity contribution in [3.8, 4) is 0 Å². The zero-order valence-corrected chi connectivity index (χ0v) is 9.44. The number of nitrogens with zero attached hydrogens (tertiary/aromatic N) is 1. The molecule has 4 heteroatoms. The highest BCUT2D eigenvalue weighted by Crippen LogP contribution is 2.12. The minimum Gasteiger partial charge on any atom is -0.355 e. The number of hydrogen-bond acceptors (Lipinski definition) is 3. The summed E-state index contributed by atoms with van der Waals surface area (Å²) in [5, 5.41) is 6.18. The zero-order chi connectivity index (χ0) is 11.4. The lowest BCUT2D eigenvalue weighted by molar-refractivity contribution is -0.124. The van der Waals surface area contributed by atoms with Crippen LogP contribution in [-0.2, 0) is 4.79 Å². The van der Waals surface area contributed by atoms with Crippen LogP contribution in [0.25, 0.3) is 0 Å². The van der Waals surface area contributed by atoms with Crippen molar-refractivity contribution >= 4 is 5.91 Å². The van der Waals surface area contributed by atoms with E-state index in [0.717, 1.165) is 25.1 Å². The Labute approximate surface area is 95.5 Å². The minimum atomic E-state index is -0.0780. The van der Waals surface area contributed by atoms with Gasteiger partial charge in [-0.15, -0.1) is 0 Å². The summed E-state index contributed by atoms with van der Waals surface area (Å²) in [5.41, 5.74) is 0.973. The highest BCUT2D eigenvalue weighted by molar-refractivity contribution is 5.82. The lowest BCUT2D eigenvalue weighted by atomic mass is 10.0. The minimum absolute atomic E-state index is 0.0780. The van der Waals surface area contributed by atoms with Crippen LogP contribution in [0.15, 0.2) is 24.4 Å². The molecule has 0 radical (unpaired) electrons. The van der Waals surface area contributed by atoms with Gasteiger partial charge < -0.3 is 5.32 Å². The third kappa shape index (κ3) is 2.58. The number of pyridine rings is 1. The first kappa shape index (κ1) is 11.1. The van der Waals surface area contributed by atoms with Crippen molar-refractivity contribution in [2.75, 3.05) is 6.54 Å². The first-order valence-electron chi connectivity index (χ1n) is 5.72. The molecule has 1 amide bonds. The van der Waals surface area contributed by atoms with Crippen LogP contribution in [0.5, 0.6) is 0 Å². The van der Waals surface area contributed by atoms with Gasteiger partial charge in [0.25, 0.3) is 0 Å². The summed E-state index contributed by atoms with van der Waals surface area (Å²) in [6.07, 6.45) is 3.72. The normalized spacial score (nSPS) is 22.6. The topological polar surface area (TPSA) is 54.0 Å². The molecule has 0 saturated carbocycles. The monoisotopic (exact) mass is 219 g/mol. The Bertz CT molecular complexity index is 353. The maximum atomic E-state index is 11.6. The van der Waals surface area contributed by atoms with Crippen molar-refractivity contribution in [3.63, 3.8) is 0 Å². The lowest BCUT2D eigenvalue weighted by Crippen LogP contribution is -2.48. The Morgan fingerprint density at radius 2 is 2.44 bits per heavy atom. The molecule has 1 aliphatic rings. The van der Waals surface area contributed by atoms with Crippen LogP contribution in [0, 0.1) is 0 Å². The first-order chi connectivity index (χ1) is 7.77. The van der Waals surface area contributed by atoms with Gasteiger partial charge in [0.1, 0.15) is 0 Å². The van der Waals surface area contributed by atoms with Crippen molar-refractivity contribution in [1.82, 2.24) is 15.6 Å². The first-order valence-corrected chi connectivity index (χ1v) is 5.72. The Balaban J connectivity index is 1.96. The van der Waals surface area contributed by atoms with Crippen LogP contribution in [0.4, 0.5) is 0 Å². The quantitative estimate of drug-likeness (QED) is 0.797. The molecule has 0 aromatic carbocycles. The second-order valence-electron chi connectivity index (χ2n) is 4.13. The molecule has 0 aliphatic carbocycles. The fourth-order valence-electron chi connectivity index (χ4n) is 1.95. The van der Waals surface area contributed by atoms with Crippen LogP contribution in [0.2, 0.25) is 0 Å². The van der Waals surface area contributed by atoms with Gasteiger partial charge in [-0.1, -0.05) is 6.07 Å². The molecule has 1 aromatic heterocycles. The number of carbonyl (C=O) groups excluding carboxylic acids is 1. The molecule has 2 unspecified atom stereocenters. The highest BCUT2D eigenvalue weighted by Gasteiger charge is 2.23. The number of carbonyl (C=O) groups is 1. The van der Waals surface area contributed by atoms with Gasteiger partial charge in [0.2, 0.25) is 5.91 Å². The summed E-state index contributed by atoms with van der Waals surface area (Å²) in [4.78, 5) is 15.8. The molecule has 1 aromatic rings. The van der Waals surface area contributed by atoms with Crippen LogP contribution >= 0.6 is 0 Å². The molecule has 2 atom stereocenters. The van der Waals surface area contributed by atoms with Crippen LogP contribution < -0.4 is 10.6 Å². The lowest BCUT2D eigenvalue weighted by Gasteiger charge is -2.25. The predicted octanol–water partition coefficient (Wildman–Crippen LogP) is 1.01. The van der Waals surface area contributed by atoms with Gasteiger partial charge in [-0.25, -0.2) is 0 Å². The van der Waals surface area contributed by atoms with Crippen LogP contribution in [0.1, 0.15) is 31.5 Å². The van der Waals surface area contributed by atoms with Crippen LogP contribution in [0.3, 0.4) is 0 Å². The van der Waals surface area contributed by atoms with Gasteiger partial charge in [-0.05, 0) is 31.9 Å². The molecule has 1 fully saturated rings. The van der Waals surface area contributed by atoms with E-state index >= 15 is 0 Å². The van der Waals surface area contributed by atoms with Crippen molar-refractivity contribution in [2.24, 2.45) is 0 Å². The maximum Gasteiger partial charge on any atom is 0.237 e. The highest BCUT2D eigenvalue weighted by atomic mass is 16.2. The standard InChI is InChI=1S/C12H17N3O/c1-9(10-5-2-3-7-13-10)15-11-6-4-8-14-12(11)16/h2-3,5,7,9,11,15H,4,6,8H2,1H3,(H,14,16). The van der Waals surface area contributed by atoms with E-state index in [1.807, 2.05) is 25.1 Å². The molecule has 0 spiro atoms. The van der Waals surface area contributed by atoms with Crippen molar-refractivity contribution < 1.29 is 4.79 Å². The maximum absolute atomic E-state index is 11.6. The summed E-state index contributed by atoms with van der Waals surface area (Å²) in [7, 11) is 0. The SMILES string of the molecule is CC(NC1CCCNC1=O)c1ccccn1. The Morgan fingerprint density at radius 1 is 1.56 bits per heavy atom. The molecule has 1 saturated heterocycles. The number of nitrogens with one attached hydrogen (secondary N) is 2. The summed E-state index contributed by atoms with van der Waals surface area (Å²) in [6.45, 7) is 2.83. The molecule has 4 nitrogen and oxygen atoms in total. The fourth-order valence-corrected chi connectivity index (χ4v) is 1.95. The van der Waals surface area contributed by atoms with E-state index in [1.165, 1.54) is 0 Å². The summed E-state index contributed by atoms with van der Waals surface area (Å²) in [5.74, 6) is 0.106. The number of hydrogen-bond donors (Lipinski definition) is 2. The molecule has 2 heterocycles. The van der Waals surface area contributed by atoms with Gasteiger partial charge in [-0.2, -0.15) is 0 Å². The van der Waals surface area contributed by atoms with Gasteiger partial charge >= 0.3 is 0 Å². The van der Waals surface area contributed by atoms with E-state index in [9.17, 15) is 4.79 Å². The van der Waals surface area contributed by atoms with Gasteiger partial charge in [0, 0.05) is 18.8 Å². The van der Waals surface area contributed by atoms with E-state index in [2.05, 4.69) is 15.6 Å². The summed E-state index contributed by atoms with van der Waals surface area (Å²) >= 11 is 0. The van der Waals surface area contributed by atoms with E-state index in [0.29, 0.717) is 0 Å². The van der Waals surface area contributed by atoms with E-state index in [4.69, 9.17) is 0 Å². The molecular weight excluding hydrogens is 202 g/mol. The molecule has 0 bridgehead atoms. The number of amides is 1. The van der Waals surface area contributed by atoms with Crippen molar-refractivity contribution in [2.45, 2.75) is 31.8 Å². The molecule has 1 aliphatic heterocycles. The third-order valence-corrected chi connectivity index (χ3v) is 2.87. The van der Waals surface area contributed by atoms with E-state index < -0.39 is 0 Å². The second kappa shape index (κ2) is 5.07. The Kier molecular flexibility index (Phi) is 3.51. The van der Waals surface area contributed by atoms with E-state index in [-0.39, 0.29) is 18.0 Å². The molecule has 16 heavy (non-hydrogen) atoms.